The van der Waals surface area contributed by atoms with Gasteiger partial charge in [-0.25, -0.2) is 18.7 Å². The molecule has 0 saturated carbocycles. The molecule has 1 atom stereocenters. The van der Waals surface area contributed by atoms with Gasteiger partial charge in [-0.15, -0.1) is 0 Å². The number of nitrogens with one attached hydrogen (secondary N) is 1. The Labute approximate surface area is 181 Å². The van der Waals surface area contributed by atoms with Crippen LogP contribution in [0, 0.1) is 22.9 Å². The molecule has 0 bridgehead atoms. The molecule has 1 N–H and O–H groups in total. The van der Waals surface area contributed by atoms with Crippen LogP contribution in [0.2, 0.25) is 0 Å². The van der Waals surface area contributed by atoms with E-state index in [2.05, 4.69) is 20.5 Å². The molecule has 0 radical (unpaired) electrons. The lowest BCUT2D eigenvalue weighted by molar-refractivity contribution is -0.384. The molecular weight excluding hydrogens is 417 g/mol. The number of amides is 1. The normalized spacial score (nSPS) is 11.8. The highest BCUT2D eigenvalue weighted by molar-refractivity contribution is 5.95. The summed E-state index contributed by atoms with van der Waals surface area (Å²) in [5.41, 5.74) is 2.29. The standard InChI is InChI=1S/C21H18FN7O3/c1-13(18-10-24-28(14(18)2)17-6-4-16(22)5-7-17)26-21(30)15-3-8-19(20(9-15)29(31)32)27-12-23-11-25-27/h3-13H,1-2H3,(H,26,30). The number of nitrogens with zero attached hydrogens (tertiary/aromatic N) is 6. The summed E-state index contributed by atoms with van der Waals surface area (Å²) in [4.78, 5) is 27.5. The van der Waals surface area contributed by atoms with E-state index in [-0.39, 0.29) is 22.8 Å². The van der Waals surface area contributed by atoms with Gasteiger partial charge in [-0.05, 0) is 50.2 Å². The van der Waals surface area contributed by atoms with Crippen molar-refractivity contribution >= 4 is 11.6 Å². The van der Waals surface area contributed by atoms with Gasteiger partial charge in [-0.1, -0.05) is 0 Å². The molecule has 162 valence electrons. The fourth-order valence-corrected chi connectivity index (χ4v) is 3.38. The summed E-state index contributed by atoms with van der Waals surface area (Å²) >= 11 is 0. The second-order valence-corrected chi connectivity index (χ2v) is 7.07. The molecule has 2 aromatic carbocycles. The topological polar surface area (TPSA) is 121 Å². The number of hydrogen-bond acceptors (Lipinski definition) is 6. The Morgan fingerprint density at radius 3 is 2.59 bits per heavy atom. The Bertz CT molecular complexity index is 1280. The first kappa shape index (κ1) is 20.8. The lowest BCUT2D eigenvalue weighted by atomic mass is 10.1. The summed E-state index contributed by atoms with van der Waals surface area (Å²) in [6.07, 6.45) is 4.23. The third kappa shape index (κ3) is 3.95. The molecule has 4 aromatic rings. The summed E-state index contributed by atoms with van der Waals surface area (Å²) in [5.74, 6) is -0.817. The molecular formula is C21H18FN7O3. The first-order valence-electron chi connectivity index (χ1n) is 9.60. The average molecular weight is 435 g/mol. The van der Waals surface area contributed by atoms with Crippen molar-refractivity contribution in [2.24, 2.45) is 0 Å². The zero-order valence-electron chi connectivity index (χ0n) is 17.1. The highest BCUT2D eigenvalue weighted by atomic mass is 19.1. The molecule has 11 heteroatoms. The van der Waals surface area contributed by atoms with E-state index in [0.717, 1.165) is 11.3 Å². The summed E-state index contributed by atoms with van der Waals surface area (Å²) in [7, 11) is 0. The lowest BCUT2D eigenvalue weighted by Crippen LogP contribution is -2.27. The van der Waals surface area contributed by atoms with Crippen molar-refractivity contribution < 1.29 is 14.1 Å². The fraction of sp³-hybridized carbons (Fsp3) is 0.143. The maximum absolute atomic E-state index is 13.2. The summed E-state index contributed by atoms with van der Waals surface area (Å²) in [6, 6.07) is 9.62. The zero-order valence-corrected chi connectivity index (χ0v) is 17.1. The predicted octanol–water partition coefficient (Wildman–Crippen LogP) is 3.30. The smallest absolute Gasteiger partial charge is 0.295 e. The third-order valence-corrected chi connectivity index (χ3v) is 5.03. The molecule has 0 aliphatic carbocycles. The van der Waals surface area contributed by atoms with Crippen LogP contribution >= 0.6 is 0 Å². The lowest BCUT2D eigenvalue weighted by Gasteiger charge is -2.14. The number of hydrogen-bond donors (Lipinski definition) is 1. The number of benzene rings is 2. The second-order valence-electron chi connectivity index (χ2n) is 7.07. The number of nitro groups is 1. The van der Waals surface area contributed by atoms with Crippen molar-refractivity contribution in [3.8, 4) is 11.4 Å². The molecule has 2 heterocycles. The van der Waals surface area contributed by atoms with Crippen LogP contribution in [-0.4, -0.2) is 35.4 Å². The minimum absolute atomic E-state index is 0.135. The Balaban J connectivity index is 1.56. The second kappa shape index (κ2) is 8.38. The quantitative estimate of drug-likeness (QED) is 0.366. The van der Waals surface area contributed by atoms with Crippen molar-refractivity contribution in [3.63, 3.8) is 0 Å². The van der Waals surface area contributed by atoms with E-state index in [1.807, 2.05) is 6.92 Å². The summed E-state index contributed by atoms with van der Waals surface area (Å²) < 4.78 is 16.1. The van der Waals surface area contributed by atoms with Gasteiger partial charge < -0.3 is 5.32 Å². The third-order valence-electron chi connectivity index (χ3n) is 5.03. The van der Waals surface area contributed by atoms with Crippen molar-refractivity contribution in [2.45, 2.75) is 19.9 Å². The number of aromatic nitrogens is 5. The Morgan fingerprint density at radius 2 is 1.94 bits per heavy atom. The Kier molecular flexibility index (Phi) is 5.46. The van der Waals surface area contributed by atoms with E-state index in [4.69, 9.17) is 0 Å². The Morgan fingerprint density at radius 1 is 1.19 bits per heavy atom. The maximum Gasteiger partial charge on any atom is 0.295 e. The minimum Gasteiger partial charge on any atom is -0.345 e. The van der Waals surface area contributed by atoms with E-state index >= 15 is 0 Å². The van der Waals surface area contributed by atoms with Gasteiger partial charge in [0.25, 0.3) is 11.6 Å². The number of carbonyl (C=O) groups is 1. The van der Waals surface area contributed by atoms with E-state index < -0.39 is 16.9 Å². The monoisotopic (exact) mass is 435 g/mol. The number of halogens is 1. The van der Waals surface area contributed by atoms with Crippen LogP contribution in [0.1, 0.15) is 34.6 Å². The summed E-state index contributed by atoms with van der Waals surface area (Å²) in [5, 5.41) is 22.6. The molecule has 0 spiro atoms. The molecule has 32 heavy (non-hydrogen) atoms. The van der Waals surface area contributed by atoms with Crippen LogP contribution in [0.5, 0.6) is 0 Å². The van der Waals surface area contributed by atoms with Crippen molar-refractivity contribution in [1.82, 2.24) is 29.9 Å². The highest BCUT2D eigenvalue weighted by Crippen LogP contribution is 2.25. The van der Waals surface area contributed by atoms with Gasteiger partial charge in [0.05, 0.1) is 22.8 Å². The van der Waals surface area contributed by atoms with Crippen LogP contribution in [-0.2, 0) is 0 Å². The molecule has 4 rings (SSSR count). The summed E-state index contributed by atoms with van der Waals surface area (Å²) in [6.45, 7) is 3.63. The molecule has 1 unspecified atom stereocenters. The van der Waals surface area contributed by atoms with Crippen LogP contribution in [0.3, 0.4) is 0 Å². The van der Waals surface area contributed by atoms with Crippen LogP contribution in [0.4, 0.5) is 10.1 Å². The van der Waals surface area contributed by atoms with Crippen LogP contribution < -0.4 is 5.32 Å². The van der Waals surface area contributed by atoms with Gasteiger partial charge >= 0.3 is 0 Å². The zero-order chi connectivity index (χ0) is 22.8. The van der Waals surface area contributed by atoms with Crippen molar-refractivity contribution in [2.75, 3.05) is 0 Å². The number of rotatable bonds is 6. The molecule has 0 fully saturated rings. The van der Waals surface area contributed by atoms with Gasteiger partial charge in [-0.3, -0.25) is 14.9 Å². The number of nitro benzene ring substituents is 1. The average Bonchev–Trinajstić information content (AvgIpc) is 3.44. The van der Waals surface area contributed by atoms with Gasteiger partial charge in [0, 0.05) is 22.9 Å². The maximum atomic E-state index is 13.2. The fourth-order valence-electron chi connectivity index (χ4n) is 3.38. The minimum atomic E-state index is -0.575. The molecule has 0 aliphatic rings. The van der Waals surface area contributed by atoms with Crippen LogP contribution in [0.25, 0.3) is 11.4 Å². The van der Waals surface area contributed by atoms with Crippen molar-refractivity contribution in [1.29, 1.82) is 0 Å². The van der Waals surface area contributed by atoms with Gasteiger partial charge in [0.2, 0.25) is 0 Å². The van der Waals surface area contributed by atoms with Gasteiger partial charge in [-0.2, -0.15) is 10.2 Å². The molecule has 2 aromatic heterocycles. The van der Waals surface area contributed by atoms with Gasteiger partial charge in [0.15, 0.2) is 0 Å². The van der Waals surface area contributed by atoms with E-state index in [0.29, 0.717) is 5.69 Å². The molecule has 0 aliphatic heterocycles. The largest absolute Gasteiger partial charge is 0.345 e. The SMILES string of the molecule is Cc1c(C(C)NC(=O)c2ccc(-n3cncn3)c([N+](=O)[O-])c2)cnn1-c1ccc(F)cc1. The van der Waals surface area contributed by atoms with E-state index in [1.54, 1.807) is 29.9 Å². The van der Waals surface area contributed by atoms with Gasteiger partial charge in [0.1, 0.15) is 24.2 Å². The Hall–Kier alpha value is -4.41. The van der Waals surface area contributed by atoms with E-state index in [1.165, 1.54) is 47.7 Å². The molecule has 10 nitrogen and oxygen atoms in total. The highest BCUT2D eigenvalue weighted by Gasteiger charge is 2.22. The number of carbonyl (C=O) groups excluding carboxylic acids is 1. The first-order valence-corrected chi connectivity index (χ1v) is 9.60. The van der Waals surface area contributed by atoms with Crippen molar-refractivity contribution in [3.05, 3.63) is 94.1 Å². The first-order chi connectivity index (χ1) is 15.3. The van der Waals surface area contributed by atoms with Crippen LogP contribution in [0.15, 0.2) is 61.3 Å². The molecule has 0 saturated heterocycles. The molecule has 1 amide bonds. The van der Waals surface area contributed by atoms with E-state index in [9.17, 15) is 19.3 Å². The predicted molar refractivity (Wildman–Crippen MR) is 112 cm³/mol.